The number of carbonyl (C=O) groups is 5. The lowest BCUT2D eigenvalue weighted by molar-refractivity contribution is -0.146. The first-order chi connectivity index (χ1) is 23.6. The summed E-state index contributed by atoms with van der Waals surface area (Å²) in [6.07, 6.45) is 13.8. The van der Waals surface area contributed by atoms with Crippen molar-refractivity contribution in [3.05, 3.63) is 0 Å². The van der Waals surface area contributed by atoms with Crippen LogP contribution in [0.15, 0.2) is 0 Å². The molecule has 0 aromatic rings. The summed E-state index contributed by atoms with van der Waals surface area (Å²) in [5, 5.41) is 2.70. The molecule has 2 aliphatic carbocycles. The van der Waals surface area contributed by atoms with Gasteiger partial charge in [0.05, 0.1) is 11.8 Å². The number of sulfonamides is 1. The zero-order valence-corrected chi connectivity index (χ0v) is 32.4. The molecule has 0 aromatic heterocycles. The van der Waals surface area contributed by atoms with Gasteiger partial charge in [-0.1, -0.05) is 91.4 Å². The molecular formula is C39H65N3O7S. The van der Waals surface area contributed by atoms with E-state index in [-0.39, 0.29) is 59.7 Å². The van der Waals surface area contributed by atoms with Crippen LogP contribution in [0.25, 0.3) is 0 Å². The number of rotatable bonds is 11. The van der Waals surface area contributed by atoms with Gasteiger partial charge in [0.15, 0.2) is 5.78 Å². The van der Waals surface area contributed by atoms with Crippen molar-refractivity contribution in [2.75, 3.05) is 32.9 Å². The lowest BCUT2D eigenvalue weighted by atomic mass is 9.71. The molecule has 11 heteroatoms. The Kier molecular flexibility index (Phi) is 14.3. The second kappa shape index (κ2) is 17.6. The number of nitrogens with zero attached hydrogens (tertiary/aromatic N) is 2. The van der Waals surface area contributed by atoms with Crippen LogP contribution in [-0.2, 0) is 34.0 Å². The number of piperidine rings is 1. The molecule has 2 saturated heterocycles. The van der Waals surface area contributed by atoms with E-state index in [1.165, 1.54) is 18.4 Å². The van der Waals surface area contributed by atoms with Gasteiger partial charge in [0, 0.05) is 58.3 Å². The summed E-state index contributed by atoms with van der Waals surface area (Å²) in [4.78, 5) is 70.7. The lowest BCUT2D eigenvalue weighted by Gasteiger charge is -2.38. The Morgan fingerprint density at radius 1 is 0.880 bits per heavy atom. The van der Waals surface area contributed by atoms with Gasteiger partial charge < -0.3 is 10.2 Å². The Hall–Kier alpha value is -2.14. The summed E-state index contributed by atoms with van der Waals surface area (Å²) in [5.74, 6) is -2.73. The summed E-state index contributed by atoms with van der Waals surface area (Å²) in [7, 11) is -0.452. The first-order valence-electron chi connectivity index (χ1n) is 19.7. The summed E-state index contributed by atoms with van der Waals surface area (Å²) >= 11 is 0. The SMILES string of the molecule is CCCNC(=O)C(=O)[C@@H]1CCCCCCCCCC[C@H](CC(=O)CC2(CS(=O)(=O)N(C)C)CCCCC2)C(=O)N2C[C@H]3[C@@H]([C@H]2C(=O)C1)C3(C)C. The van der Waals surface area contributed by atoms with Gasteiger partial charge in [-0.2, -0.15) is 0 Å². The van der Waals surface area contributed by atoms with Gasteiger partial charge in [-0.3, -0.25) is 24.0 Å². The minimum absolute atomic E-state index is 0.0104. The van der Waals surface area contributed by atoms with Crippen LogP contribution < -0.4 is 5.32 Å². The maximum absolute atomic E-state index is 14.6. The minimum atomic E-state index is -3.52. The summed E-state index contributed by atoms with van der Waals surface area (Å²) in [6.45, 7) is 7.05. The molecule has 50 heavy (non-hydrogen) atoms. The molecule has 284 valence electrons. The number of hydrogen-bond acceptors (Lipinski definition) is 7. The second-order valence-corrected chi connectivity index (χ2v) is 19.2. The molecule has 0 aromatic carbocycles. The fraction of sp³-hybridized carbons (Fsp3) is 0.872. The molecule has 0 unspecified atom stereocenters. The van der Waals surface area contributed by atoms with E-state index in [1.54, 1.807) is 4.90 Å². The smallest absolute Gasteiger partial charge is 0.287 e. The van der Waals surface area contributed by atoms with E-state index >= 15 is 0 Å². The maximum Gasteiger partial charge on any atom is 0.287 e. The Morgan fingerprint density at radius 3 is 2.06 bits per heavy atom. The van der Waals surface area contributed by atoms with Crippen LogP contribution >= 0.6 is 0 Å². The monoisotopic (exact) mass is 719 g/mol. The number of carbonyl (C=O) groups excluding carboxylic acids is 5. The zero-order valence-electron chi connectivity index (χ0n) is 31.6. The summed E-state index contributed by atoms with van der Waals surface area (Å²) in [6, 6.07) is -0.667. The fourth-order valence-electron chi connectivity index (χ4n) is 9.43. The molecule has 4 rings (SSSR count). The van der Waals surface area contributed by atoms with Crippen LogP contribution in [0, 0.1) is 34.5 Å². The number of fused-ring (bicyclic) bond motifs is 3. The van der Waals surface area contributed by atoms with Crippen LogP contribution in [-0.4, -0.2) is 85.8 Å². The molecule has 4 aliphatic rings. The molecule has 0 radical (unpaired) electrons. The molecule has 0 bridgehead atoms. The average Bonchev–Trinajstić information content (AvgIpc) is 3.36. The van der Waals surface area contributed by atoms with E-state index in [0.717, 1.165) is 70.6 Å². The van der Waals surface area contributed by atoms with Gasteiger partial charge in [-0.05, 0) is 54.8 Å². The standard InChI is InChI=1S/C39H65N3O7S/c1-6-22-40-36(46)35(45)28-18-14-11-9-7-8-10-12-15-19-29(37(47)42-26-31-33(38(31,2)3)34(42)32(44)24-28)23-30(43)25-39(20-16-13-17-21-39)27-50(48,49)41(4)5/h28-29,31,33-34H,6-27H2,1-5H3,(H,40,46)/t28-,29-,31+,33+,34-/m1/s1. The molecule has 5 atom stereocenters. The highest BCUT2D eigenvalue weighted by Gasteiger charge is 2.69. The molecule has 0 spiro atoms. The number of ketones is 3. The Labute approximate surface area is 301 Å². The molecule has 4 fully saturated rings. The Balaban J connectivity index is 1.58. The van der Waals surface area contributed by atoms with Gasteiger partial charge in [-0.25, -0.2) is 12.7 Å². The van der Waals surface area contributed by atoms with Gasteiger partial charge in [-0.15, -0.1) is 0 Å². The van der Waals surface area contributed by atoms with Crippen LogP contribution in [0.5, 0.6) is 0 Å². The summed E-state index contributed by atoms with van der Waals surface area (Å²) in [5.41, 5.74) is -0.731. The van der Waals surface area contributed by atoms with E-state index in [4.69, 9.17) is 0 Å². The van der Waals surface area contributed by atoms with Crippen molar-refractivity contribution in [1.82, 2.24) is 14.5 Å². The van der Waals surface area contributed by atoms with Crippen molar-refractivity contribution >= 4 is 39.2 Å². The molecular weight excluding hydrogens is 655 g/mol. The quantitative estimate of drug-likeness (QED) is 0.264. The predicted molar refractivity (Wildman–Crippen MR) is 195 cm³/mol. The number of hydrogen-bond donors (Lipinski definition) is 1. The van der Waals surface area contributed by atoms with Crippen molar-refractivity contribution in [2.45, 2.75) is 149 Å². The van der Waals surface area contributed by atoms with Crippen molar-refractivity contribution < 1.29 is 32.4 Å². The highest BCUT2D eigenvalue weighted by molar-refractivity contribution is 7.89. The van der Waals surface area contributed by atoms with E-state index in [2.05, 4.69) is 19.2 Å². The third-order valence-corrected chi connectivity index (χ3v) is 14.7. The van der Waals surface area contributed by atoms with Gasteiger partial charge in [0.25, 0.3) is 5.91 Å². The molecule has 2 amide bonds. The van der Waals surface area contributed by atoms with E-state index < -0.39 is 45.0 Å². The van der Waals surface area contributed by atoms with E-state index in [0.29, 0.717) is 45.2 Å². The molecule has 10 nitrogen and oxygen atoms in total. The molecule has 2 aliphatic heterocycles. The fourth-order valence-corrected chi connectivity index (χ4v) is 10.9. The minimum Gasteiger partial charge on any atom is -0.350 e. The van der Waals surface area contributed by atoms with Gasteiger partial charge >= 0.3 is 0 Å². The van der Waals surface area contributed by atoms with E-state index in [9.17, 15) is 32.4 Å². The van der Waals surface area contributed by atoms with Crippen molar-refractivity contribution in [1.29, 1.82) is 0 Å². The van der Waals surface area contributed by atoms with Crippen LogP contribution in [0.2, 0.25) is 0 Å². The first-order valence-corrected chi connectivity index (χ1v) is 21.3. The van der Waals surface area contributed by atoms with E-state index in [1.807, 2.05) is 6.92 Å². The van der Waals surface area contributed by atoms with Gasteiger partial charge in [0.1, 0.15) is 5.78 Å². The topological polar surface area (TPSA) is 138 Å². The average molecular weight is 720 g/mol. The van der Waals surface area contributed by atoms with Crippen molar-refractivity contribution in [3.8, 4) is 0 Å². The molecule has 2 saturated carbocycles. The van der Waals surface area contributed by atoms with Crippen LogP contribution in [0.3, 0.4) is 0 Å². The first kappa shape index (κ1) is 40.6. The van der Waals surface area contributed by atoms with Crippen molar-refractivity contribution in [3.63, 3.8) is 0 Å². The Morgan fingerprint density at radius 2 is 1.46 bits per heavy atom. The largest absolute Gasteiger partial charge is 0.350 e. The highest BCUT2D eigenvalue weighted by Crippen LogP contribution is 2.65. The Bertz CT molecular complexity index is 1340. The highest BCUT2D eigenvalue weighted by atomic mass is 32.2. The third-order valence-electron chi connectivity index (χ3n) is 12.6. The number of Topliss-reactive ketones (excluding diaryl/α,β-unsaturated/α-hetero) is 3. The third kappa shape index (κ3) is 10.0. The van der Waals surface area contributed by atoms with Crippen molar-refractivity contribution in [2.24, 2.45) is 34.5 Å². The second-order valence-electron chi connectivity index (χ2n) is 17.0. The molecule has 1 N–H and O–H groups in total. The maximum atomic E-state index is 14.6. The number of nitrogens with one attached hydrogen (secondary N) is 1. The predicted octanol–water partition coefficient (Wildman–Crippen LogP) is 5.86. The summed E-state index contributed by atoms with van der Waals surface area (Å²) < 4.78 is 27.3. The normalized spacial score (nSPS) is 29.5. The zero-order chi connectivity index (χ0) is 36.7. The van der Waals surface area contributed by atoms with Crippen LogP contribution in [0.4, 0.5) is 0 Å². The van der Waals surface area contributed by atoms with Gasteiger partial charge in [0.2, 0.25) is 21.7 Å². The molecule has 2 heterocycles. The van der Waals surface area contributed by atoms with Crippen LogP contribution in [0.1, 0.15) is 143 Å². The number of amides is 2. The lowest BCUT2D eigenvalue weighted by Crippen LogP contribution is -2.49.